The topological polar surface area (TPSA) is 51.3 Å². The number of halogens is 1. The highest BCUT2D eigenvalue weighted by Gasteiger charge is 2.01. The number of nitrogens with zero attached hydrogens (tertiary/aromatic N) is 2. The molecule has 0 bridgehead atoms. The molecule has 4 heteroatoms. The van der Waals surface area contributed by atoms with E-state index in [1.54, 1.807) is 25.4 Å². The third-order valence-electron chi connectivity index (χ3n) is 1.36. The van der Waals surface area contributed by atoms with Crippen LogP contribution in [0, 0.1) is 0 Å². The van der Waals surface area contributed by atoms with Gasteiger partial charge in [0.1, 0.15) is 0 Å². The molecule has 0 spiro atoms. The second-order valence-corrected chi connectivity index (χ2v) is 2.48. The maximum absolute atomic E-state index is 5.80. The Bertz CT molecular complexity index is 283. The summed E-state index contributed by atoms with van der Waals surface area (Å²) in [6.07, 6.45) is 3.21. The lowest BCUT2D eigenvalue weighted by Crippen LogP contribution is -1.99. The van der Waals surface area contributed by atoms with Gasteiger partial charge in [-0.05, 0) is 13.0 Å². The van der Waals surface area contributed by atoms with E-state index in [-0.39, 0.29) is 0 Å². The summed E-state index contributed by atoms with van der Waals surface area (Å²) >= 11 is 5.80. The van der Waals surface area contributed by atoms with Crippen molar-refractivity contribution in [3.8, 4) is 0 Å². The van der Waals surface area contributed by atoms with Crippen LogP contribution in [0.3, 0.4) is 0 Å². The fourth-order valence-electron chi connectivity index (χ4n) is 0.738. The summed E-state index contributed by atoms with van der Waals surface area (Å²) in [6.45, 7) is 1.79. The molecule has 0 fully saturated rings. The SMILES string of the molecule is C/C(=N\N)c1ccncc1Cl. The summed E-state index contributed by atoms with van der Waals surface area (Å²) < 4.78 is 0. The predicted octanol–water partition coefficient (Wildman–Crippen LogP) is 1.42. The molecule has 1 rings (SSSR count). The van der Waals surface area contributed by atoms with Crippen LogP contribution in [0.2, 0.25) is 5.02 Å². The van der Waals surface area contributed by atoms with Crippen molar-refractivity contribution in [2.45, 2.75) is 6.92 Å². The van der Waals surface area contributed by atoms with Crippen LogP contribution in [0.15, 0.2) is 23.6 Å². The molecule has 1 heterocycles. The Labute approximate surface area is 69.9 Å². The van der Waals surface area contributed by atoms with E-state index in [0.717, 1.165) is 5.56 Å². The van der Waals surface area contributed by atoms with Crippen LogP contribution < -0.4 is 5.84 Å². The molecule has 3 nitrogen and oxygen atoms in total. The Balaban J connectivity index is 3.14. The van der Waals surface area contributed by atoms with Gasteiger partial charge in [0, 0.05) is 18.0 Å². The first-order chi connectivity index (χ1) is 5.25. The van der Waals surface area contributed by atoms with E-state index in [0.29, 0.717) is 10.7 Å². The molecule has 58 valence electrons. The van der Waals surface area contributed by atoms with Crippen LogP contribution in [0.25, 0.3) is 0 Å². The number of pyridine rings is 1. The summed E-state index contributed by atoms with van der Waals surface area (Å²) in [7, 11) is 0. The van der Waals surface area contributed by atoms with Gasteiger partial charge in [-0.15, -0.1) is 0 Å². The standard InChI is InChI=1S/C7H8ClN3/c1-5(11-9)6-2-3-10-4-7(6)8/h2-4H,9H2,1H3/b11-5+. The van der Waals surface area contributed by atoms with Gasteiger partial charge in [-0.1, -0.05) is 11.6 Å². The molecule has 1 aromatic heterocycles. The van der Waals surface area contributed by atoms with E-state index in [1.807, 2.05) is 0 Å². The number of hydrogen-bond acceptors (Lipinski definition) is 3. The largest absolute Gasteiger partial charge is 0.323 e. The highest BCUT2D eigenvalue weighted by atomic mass is 35.5. The molecular weight excluding hydrogens is 162 g/mol. The fraction of sp³-hybridized carbons (Fsp3) is 0.143. The van der Waals surface area contributed by atoms with Gasteiger partial charge in [-0.3, -0.25) is 4.98 Å². The van der Waals surface area contributed by atoms with Crippen LogP contribution in [-0.4, -0.2) is 10.7 Å². The van der Waals surface area contributed by atoms with Gasteiger partial charge in [0.05, 0.1) is 10.7 Å². The third kappa shape index (κ3) is 1.68. The van der Waals surface area contributed by atoms with Crippen LogP contribution in [-0.2, 0) is 0 Å². The van der Waals surface area contributed by atoms with Crippen molar-refractivity contribution >= 4 is 17.3 Å². The molecule has 1 aromatic rings. The normalized spacial score (nSPS) is 11.6. The highest BCUT2D eigenvalue weighted by molar-refractivity contribution is 6.33. The summed E-state index contributed by atoms with van der Waals surface area (Å²) in [5.74, 6) is 5.08. The average molecular weight is 170 g/mol. The number of hydrogen-bond donors (Lipinski definition) is 1. The van der Waals surface area contributed by atoms with Crippen molar-refractivity contribution in [2.75, 3.05) is 0 Å². The Morgan fingerprint density at radius 1 is 1.73 bits per heavy atom. The molecule has 0 aliphatic carbocycles. The Morgan fingerprint density at radius 2 is 2.45 bits per heavy atom. The number of aromatic nitrogens is 1. The second-order valence-electron chi connectivity index (χ2n) is 2.07. The lowest BCUT2D eigenvalue weighted by molar-refractivity contribution is 1.23. The van der Waals surface area contributed by atoms with E-state index in [1.165, 1.54) is 0 Å². The van der Waals surface area contributed by atoms with Crippen molar-refractivity contribution in [1.29, 1.82) is 0 Å². The average Bonchev–Trinajstić information content (AvgIpc) is 2.04. The molecule has 11 heavy (non-hydrogen) atoms. The fourth-order valence-corrected chi connectivity index (χ4v) is 0.994. The van der Waals surface area contributed by atoms with E-state index >= 15 is 0 Å². The molecule has 0 radical (unpaired) electrons. The van der Waals surface area contributed by atoms with Crippen molar-refractivity contribution < 1.29 is 0 Å². The van der Waals surface area contributed by atoms with Crippen LogP contribution >= 0.6 is 11.6 Å². The molecule has 0 aromatic carbocycles. The Morgan fingerprint density at radius 3 is 3.00 bits per heavy atom. The Hall–Kier alpha value is -1.09. The quantitative estimate of drug-likeness (QED) is 0.393. The maximum atomic E-state index is 5.80. The van der Waals surface area contributed by atoms with Gasteiger partial charge in [0.2, 0.25) is 0 Å². The maximum Gasteiger partial charge on any atom is 0.0680 e. The summed E-state index contributed by atoms with van der Waals surface area (Å²) in [5, 5.41) is 4.09. The van der Waals surface area contributed by atoms with E-state index in [2.05, 4.69) is 10.1 Å². The first-order valence-electron chi connectivity index (χ1n) is 3.10. The molecule has 2 N–H and O–H groups in total. The van der Waals surface area contributed by atoms with Crippen LogP contribution in [0.1, 0.15) is 12.5 Å². The van der Waals surface area contributed by atoms with Gasteiger partial charge in [0.15, 0.2) is 0 Å². The van der Waals surface area contributed by atoms with Crippen molar-refractivity contribution in [3.63, 3.8) is 0 Å². The molecule has 0 saturated heterocycles. The molecule has 0 amide bonds. The van der Waals surface area contributed by atoms with E-state index in [4.69, 9.17) is 17.4 Å². The van der Waals surface area contributed by atoms with Gasteiger partial charge >= 0.3 is 0 Å². The van der Waals surface area contributed by atoms with Crippen molar-refractivity contribution in [1.82, 2.24) is 4.98 Å². The van der Waals surface area contributed by atoms with Gasteiger partial charge in [-0.25, -0.2) is 0 Å². The zero-order chi connectivity index (χ0) is 8.27. The molecule has 0 aliphatic heterocycles. The monoisotopic (exact) mass is 169 g/mol. The van der Waals surface area contributed by atoms with Crippen molar-refractivity contribution in [2.24, 2.45) is 10.9 Å². The number of nitrogens with two attached hydrogens (primary N) is 1. The first-order valence-corrected chi connectivity index (χ1v) is 3.48. The number of hydrazone groups is 1. The minimum atomic E-state index is 0.569. The second kappa shape index (κ2) is 3.34. The van der Waals surface area contributed by atoms with E-state index < -0.39 is 0 Å². The molecule has 0 aliphatic rings. The Kier molecular flexibility index (Phi) is 2.44. The molecular formula is C7H8ClN3. The van der Waals surface area contributed by atoms with Gasteiger partial charge < -0.3 is 5.84 Å². The smallest absolute Gasteiger partial charge is 0.0680 e. The zero-order valence-electron chi connectivity index (χ0n) is 6.08. The summed E-state index contributed by atoms with van der Waals surface area (Å²) in [4.78, 5) is 3.83. The minimum Gasteiger partial charge on any atom is -0.323 e. The summed E-state index contributed by atoms with van der Waals surface area (Å²) in [6, 6.07) is 1.77. The first kappa shape index (κ1) is 8.01. The van der Waals surface area contributed by atoms with Crippen molar-refractivity contribution in [3.05, 3.63) is 29.0 Å². The molecule has 0 atom stereocenters. The molecule has 0 unspecified atom stereocenters. The van der Waals surface area contributed by atoms with Gasteiger partial charge in [-0.2, -0.15) is 5.10 Å². The minimum absolute atomic E-state index is 0.569. The van der Waals surface area contributed by atoms with Crippen LogP contribution in [0.5, 0.6) is 0 Å². The molecule has 0 saturated carbocycles. The highest BCUT2D eigenvalue weighted by Crippen LogP contribution is 2.13. The van der Waals surface area contributed by atoms with Gasteiger partial charge in [0.25, 0.3) is 0 Å². The zero-order valence-corrected chi connectivity index (χ0v) is 6.84. The predicted molar refractivity (Wildman–Crippen MR) is 45.6 cm³/mol. The lowest BCUT2D eigenvalue weighted by Gasteiger charge is -1.99. The summed E-state index contributed by atoms with van der Waals surface area (Å²) in [5.41, 5.74) is 1.53. The van der Waals surface area contributed by atoms with E-state index in [9.17, 15) is 0 Å². The lowest BCUT2D eigenvalue weighted by atomic mass is 10.2. The third-order valence-corrected chi connectivity index (χ3v) is 1.66. The number of rotatable bonds is 1. The van der Waals surface area contributed by atoms with Crippen LogP contribution in [0.4, 0.5) is 0 Å².